The minimum absolute atomic E-state index is 0.541. The highest BCUT2D eigenvalue weighted by Crippen LogP contribution is 2.14. The minimum atomic E-state index is 0.541. The quantitative estimate of drug-likeness (QED) is 0.716. The Morgan fingerprint density at radius 2 is 2.31 bits per heavy atom. The number of nitrogens with zero attached hydrogens (tertiary/aromatic N) is 2. The van der Waals surface area contributed by atoms with Crippen molar-refractivity contribution in [2.75, 3.05) is 5.73 Å². The summed E-state index contributed by atoms with van der Waals surface area (Å²) in [6.07, 6.45) is 1.92. The number of allylic oxidation sites excluding steroid dienone is 1. The molecule has 0 saturated carbocycles. The molecular formula is C10H11N3. The second-order valence-electron chi connectivity index (χ2n) is 3.14. The van der Waals surface area contributed by atoms with Gasteiger partial charge in [-0.1, -0.05) is 12.6 Å². The van der Waals surface area contributed by atoms with Gasteiger partial charge in [-0.3, -0.25) is 0 Å². The first-order valence-corrected chi connectivity index (χ1v) is 4.07. The fourth-order valence-corrected chi connectivity index (χ4v) is 1.26. The molecule has 2 N–H and O–H groups in total. The molecule has 3 heteroatoms. The molecule has 3 nitrogen and oxygen atoms in total. The van der Waals surface area contributed by atoms with Gasteiger partial charge in [-0.15, -0.1) is 0 Å². The number of anilines is 1. The highest BCUT2D eigenvalue weighted by atomic mass is 15.2. The van der Waals surface area contributed by atoms with Crippen LogP contribution in [-0.4, -0.2) is 9.61 Å². The van der Waals surface area contributed by atoms with Crippen LogP contribution in [0.15, 0.2) is 31.0 Å². The Morgan fingerprint density at radius 3 is 3.00 bits per heavy atom. The van der Waals surface area contributed by atoms with Crippen LogP contribution in [0.4, 0.5) is 5.82 Å². The lowest BCUT2D eigenvalue weighted by molar-refractivity contribution is 0.964. The largest absolute Gasteiger partial charge is 0.382 e. The Balaban J connectivity index is 2.67. The molecule has 13 heavy (non-hydrogen) atoms. The molecule has 2 aromatic rings. The molecule has 0 aliphatic heterocycles. The second kappa shape index (κ2) is 2.62. The van der Waals surface area contributed by atoms with E-state index in [1.165, 1.54) is 0 Å². The van der Waals surface area contributed by atoms with E-state index in [4.69, 9.17) is 5.73 Å². The molecule has 0 saturated heterocycles. The first-order chi connectivity index (χ1) is 6.16. The van der Waals surface area contributed by atoms with E-state index in [0.29, 0.717) is 5.82 Å². The predicted octanol–water partition coefficient (Wildman–Crippen LogP) is 1.95. The Hall–Kier alpha value is -1.77. The summed E-state index contributed by atoms with van der Waals surface area (Å²) in [6.45, 7) is 5.83. The Bertz CT molecular complexity index is 468. The van der Waals surface area contributed by atoms with Crippen LogP contribution in [0.25, 0.3) is 11.1 Å². The van der Waals surface area contributed by atoms with E-state index in [9.17, 15) is 0 Å². The third kappa shape index (κ3) is 1.28. The lowest BCUT2D eigenvalue weighted by atomic mass is 10.1. The van der Waals surface area contributed by atoms with Crippen LogP contribution in [0, 0.1) is 0 Å². The molecule has 0 aliphatic rings. The SMILES string of the molecule is C=C(C)c1ccc2cc(N)nn2c1. The maximum atomic E-state index is 5.56. The van der Waals surface area contributed by atoms with E-state index < -0.39 is 0 Å². The summed E-state index contributed by atoms with van der Waals surface area (Å²) >= 11 is 0. The molecule has 2 heterocycles. The monoisotopic (exact) mass is 173 g/mol. The lowest BCUT2D eigenvalue weighted by Gasteiger charge is -1.99. The van der Waals surface area contributed by atoms with E-state index in [1.807, 2.05) is 31.3 Å². The molecule has 0 unspecified atom stereocenters. The zero-order chi connectivity index (χ0) is 9.42. The molecule has 2 rings (SSSR count). The number of hydrogen-bond donors (Lipinski definition) is 1. The number of pyridine rings is 1. The number of nitrogen functional groups attached to an aromatic ring is 1. The second-order valence-corrected chi connectivity index (χ2v) is 3.14. The molecule has 0 radical (unpaired) electrons. The lowest BCUT2D eigenvalue weighted by Crippen LogP contribution is -1.90. The molecule has 0 atom stereocenters. The van der Waals surface area contributed by atoms with Crippen molar-refractivity contribution in [1.82, 2.24) is 9.61 Å². The Kier molecular flexibility index (Phi) is 1.59. The summed E-state index contributed by atoms with van der Waals surface area (Å²) < 4.78 is 1.76. The van der Waals surface area contributed by atoms with Crippen LogP contribution < -0.4 is 5.73 Å². The number of fused-ring (bicyclic) bond motifs is 1. The van der Waals surface area contributed by atoms with Crippen LogP contribution in [0.3, 0.4) is 0 Å². The molecular weight excluding hydrogens is 162 g/mol. The van der Waals surface area contributed by atoms with Gasteiger partial charge in [0, 0.05) is 12.3 Å². The third-order valence-corrected chi connectivity index (χ3v) is 1.97. The van der Waals surface area contributed by atoms with Crippen LogP contribution in [0.5, 0.6) is 0 Å². The molecule has 0 fully saturated rings. The van der Waals surface area contributed by atoms with Crippen molar-refractivity contribution in [1.29, 1.82) is 0 Å². The van der Waals surface area contributed by atoms with Crippen LogP contribution in [0.1, 0.15) is 12.5 Å². The van der Waals surface area contributed by atoms with E-state index in [-0.39, 0.29) is 0 Å². The molecule has 0 aliphatic carbocycles. The highest BCUT2D eigenvalue weighted by molar-refractivity contribution is 5.64. The summed E-state index contributed by atoms with van der Waals surface area (Å²) in [5, 5.41) is 4.11. The van der Waals surface area contributed by atoms with Crippen molar-refractivity contribution >= 4 is 16.9 Å². The van der Waals surface area contributed by atoms with Gasteiger partial charge in [0.05, 0.1) is 5.52 Å². The number of rotatable bonds is 1. The zero-order valence-corrected chi connectivity index (χ0v) is 7.49. The standard InChI is InChI=1S/C10H11N3/c1-7(2)8-3-4-9-5-10(11)12-13(9)6-8/h3-6H,1H2,2H3,(H2,11,12). The van der Waals surface area contributed by atoms with E-state index in [0.717, 1.165) is 16.7 Å². The van der Waals surface area contributed by atoms with E-state index in [1.54, 1.807) is 4.52 Å². The van der Waals surface area contributed by atoms with Crippen molar-refractivity contribution in [2.24, 2.45) is 0 Å². The van der Waals surface area contributed by atoms with Crippen LogP contribution in [0.2, 0.25) is 0 Å². The maximum Gasteiger partial charge on any atom is 0.146 e. The topological polar surface area (TPSA) is 43.3 Å². The summed E-state index contributed by atoms with van der Waals surface area (Å²) in [4.78, 5) is 0. The highest BCUT2D eigenvalue weighted by Gasteiger charge is 1.99. The molecule has 2 aromatic heterocycles. The molecule has 66 valence electrons. The smallest absolute Gasteiger partial charge is 0.146 e. The minimum Gasteiger partial charge on any atom is -0.382 e. The van der Waals surface area contributed by atoms with Gasteiger partial charge < -0.3 is 5.73 Å². The van der Waals surface area contributed by atoms with Gasteiger partial charge >= 0.3 is 0 Å². The average Bonchev–Trinajstić information content (AvgIpc) is 2.42. The average molecular weight is 173 g/mol. The number of aromatic nitrogens is 2. The van der Waals surface area contributed by atoms with E-state index in [2.05, 4.69) is 11.7 Å². The Labute approximate surface area is 76.5 Å². The number of nitrogens with two attached hydrogens (primary N) is 1. The van der Waals surface area contributed by atoms with Crippen molar-refractivity contribution in [3.63, 3.8) is 0 Å². The fourth-order valence-electron chi connectivity index (χ4n) is 1.26. The van der Waals surface area contributed by atoms with Crippen molar-refractivity contribution < 1.29 is 0 Å². The predicted molar refractivity (Wildman–Crippen MR) is 54.3 cm³/mol. The fraction of sp³-hybridized carbons (Fsp3) is 0.100. The third-order valence-electron chi connectivity index (χ3n) is 1.97. The van der Waals surface area contributed by atoms with Gasteiger partial charge in [0.1, 0.15) is 5.82 Å². The van der Waals surface area contributed by atoms with Gasteiger partial charge in [-0.2, -0.15) is 5.10 Å². The molecule has 0 spiro atoms. The van der Waals surface area contributed by atoms with Gasteiger partial charge in [-0.25, -0.2) is 4.52 Å². The van der Waals surface area contributed by atoms with Crippen molar-refractivity contribution in [2.45, 2.75) is 6.92 Å². The first kappa shape index (κ1) is 7.86. The normalized spacial score (nSPS) is 10.5. The van der Waals surface area contributed by atoms with Gasteiger partial charge in [0.15, 0.2) is 0 Å². The van der Waals surface area contributed by atoms with E-state index >= 15 is 0 Å². The maximum absolute atomic E-state index is 5.56. The van der Waals surface area contributed by atoms with Crippen LogP contribution >= 0.6 is 0 Å². The van der Waals surface area contributed by atoms with Crippen molar-refractivity contribution in [3.05, 3.63) is 36.5 Å². The summed E-state index contributed by atoms with van der Waals surface area (Å²) in [5.74, 6) is 0.541. The summed E-state index contributed by atoms with van der Waals surface area (Å²) in [7, 11) is 0. The van der Waals surface area contributed by atoms with Crippen LogP contribution in [-0.2, 0) is 0 Å². The Morgan fingerprint density at radius 1 is 1.54 bits per heavy atom. The first-order valence-electron chi connectivity index (χ1n) is 4.07. The van der Waals surface area contributed by atoms with Gasteiger partial charge in [-0.05, 0) is 24.1 Å². The summed E-state index contributed by atoms with van der Waals surface area (Å²) in [5.41, 5.74) is 8.67. The van der Waals surface area contributed by atoms with Gasteiger partial charge in [0.2, 0.25) is 0 Å². The summed E-state index contributed by atoms with van der Waals surface area (Å²) in [6, 6.07) is 5.83. The molecule has 0 bridgehead atoms. The molecule has 0 amide bonds. The zero-order valence-electron chi connectivity index (χ0n) is 7.49. The van der Waals surface area contributed by atoms with Gasteiger partial charge in [0.25, 0.3) is 0 Å². The number of hydrogen-bond acceptors (Lipinski definition) is 2. The van der Waals surface area contributed by atoms with Crippen molar-refractivity contribution in [3.8, 4) is 0 Å². The molecule has 0 aromatic carbocycles.